The maximum atomic E-state index is 14.1. The number of aryl methyl sites for hydroxylation is 1. The molecule has 5 rings (SSSR count). The first kappa shape index (κ1) is 30.5. The van der Waals surface area contributed by atoms with E-state index in [0.717, 1.165) is 67.2 Å². The Kier molecular flexibility index (Phi) is 13.0. The summed E-state index contributed by atoms with van der Waals surface area (Å²) in [6.07, 6.45) is 1.81. The zero-order valence-electron chi connectivity index (χ0n) is 22.7. The molecular formula is C28H38FN7O2. The van der Waals surface area contributed by atoms with Crippen molar-refractivity contribution in [1.29, 1.82) is 0 Å². The summed E-state index contributed by atoms with van der Waals surface area (Å²) < 4.78 is 21.2. The molecule has 0 amide bonds. The van der Waals surface area contributed by atoms with Gasteiger partial charge in [0.1, 0.15) is 18.3 Å². The number of anilines is 1. The van der Waals surface area contributed by atoms with Gasteiger partial charge >= 0.3 is 0 Å². The van der Waals surface area contributed by atoms with Crippen molar-refractivity contribution in [3.63, 3.8) is 0 Å². The van der Waals surface area contributed by atoms with E-state index in [1.807, 2.05) is 64.2 Å². The predicted molar refractivity (Wildman–Crippen MR) is 151 cm³/mol. The van der Waals surface area contributed by atoms with Crippen LogP contribution in [0.25, 0.3) is 33.4 Å². The van der Waals surface area contributed by atoms with Crippen molar-refractivity contribution in [3.8, 4) is 22.4 Å². The maximum absolute atomic E-state index is 14.1. The third kappa shape index (κ3) is 7.64. The van der Waals surface area contributed by atoms with E-state index < -0.39 is 0 Å². The van der Waals surface area contributed by atoms with Crippen LogP contribution in [0, 0.1) is 5.82 Å². The summed E-state index contributed by atoms with van der Waals surface area (Å²) in [7, 11) is 3.38. The van der Waals surface area contributed by atoms with Crippen LogP contribution in [0.4, 0.5) is 10.3 Å². The Morgan fingerprint density at radius 1 is 1.03 bits per heavy atom. The van der Waals surface area contributed by atoms with Gasteiger partial charge in [-0.15, -0.1) is 0 Å². The van der Waals surface area contributed by atoms with Crippen LogP contribution in [-0.2, 0) is 16.6 Å². The van der Waals surface area contributed by atoms with Gasteiger partial charge in [-0.3, -0.25) is 4.90 Å². The van der Waals surface area contributed by atoms with Crippen LogP contribution in [0.1, 0.15) is 13.8 Å². The lowest BCUT2D eigenvalue weighted by Gasteiger charge is -2.26. The third-order valence-electron chi connectivity index (χ3n) is 5.74. The number of hydrogen-bond donors (Lipinski definition) is 2. The fourth-order valence-electron chi connectivity index (χ4n) is 3.99. The summed E-state index contributed by atoms with van der Waals surface area (Å²) in [5.74, 6) is 0.362. The Morgan fingerprint density at radius 3 is 2.32 bits per heavy atom. The normalized spacial score (nSPS) is 12.8. The molecule has 1 saturated heterocycles. The van der Waals surface area contributed by atoms with Crippen molar-refractivity contribution in [2.45, 2.75) is 13.8 Å². The van der Waals surface area contributed by atoms with Gasteiger partial charge in [-0.2, -0.15) is 10.1 Å². The highest BCUT2D eigenvalue weighted by atomic mass is 19.1. The minimum atomic E-state index is -0.231. The van der Waals surface area contributed by atoms with Gasteiger partial charge in [0, 0.05) is 50.6 Å². The Bertz CT molecular complexity index is 1240. The third-order valence-corrected chi connectivity index (χ3v) is 5.74. The van der Waals surface area contributed by atoms with Crippen LogP contribution in [-0.4, -0.2) is 77.9 Å². The summed E-state index contributed by atoms with van der Waals surface area (Å²) >= 11 is 0. The molecule has 1 aliphatic heterocycles. The van der Waals surface area contributed by atoms with Gasteiger partial charge in [-0.1, -0.05) is 56.3 Å². The number of halogens is 1. The summed E-state index contributed by atoms with van der Waals surface area (Å²) in [6, 6.07) is 14.5. The van der Waals surface area contributed by atoms with E-state index in [9.17, 15) is 4.39 Å². The monoisotopic (exact) mass is 523 g/mol. The van der Waals surface area contributed by atoms with E-state index in [-0.39, 0.29) is 5.82 Å². The number of nitrogens with two attached hydrogens (primary N) is 1. The minimum absolute atomic E-state index is 0.231. The number of benzene rings is 2. The van der Waals surface area contributed by atoms with Crippen molar-refractivity contribution in [2.24, 2.45) is 12.8 Å². The second kappa shape index (κ2) is 16.2. The van der Waals surface area contributed by atoms with Gasteiger partial charge in [-0.05, 0) is 18.7 Å². The number of hydrogen-bond acceptors (Lipinski definition) is 8. The SMILES string of the molecule is C=O.CC.CN.Cn1nc(-c2ccc(-c3ccccc3F)cc2)c2cnc(NCCN3CCOCC3)nc21. The molecule has 10 heteroatoms. The number of aromatic nitrogens is 4. The lowest BCUT2D eigenvalue weighted by Crippen LogP contribution is -2.39. The summed E-state index contributed by atoms with van der Waals surface area (Å²) in [4.78, 5) is 19.5. The van der Waals surface area contributed by atoms with Crippen LogP contribution in [0.15, 0.2) is 54.7 Å². The first-order chi connectivity index (χ1) is 18.7. The zero-order valence-corrected chi connectivity index (χ0v) is 22.7. The lowest BCUT2D eigenvalue weighted by molar-refractivity contribution is -0.0980. The smallest absolute Gasteiger partial charge is 0.224 e. The Hall–Kier alpha value is -3.73. The van der Waals surface area contributed by atoms with Gasteiger partial charge in [0.2, 0.25) is 5.95 Å². The average molecular weight is 524 g/mol. The van der Waals surface area contributed by atoms with Gasteiger partial charge in [0.15, 0.2) is 5.65 Å². The molecule has 9 nitrogen and oxygen atoms in total. The van der Waals surface area contributed by atoms with E-state index >= 15 is 0 Å². The quantitative estimate of drug-likeness (QED) is 0.390. The molecule has 0 atom stereocenters. The van der Waals surface area contributed by atoms with E-state index in [2.05, 4.69) is 31.0 Å². The molecule has 0 spiro atoms. The second-order valence-electron chi connectivity index (χ2n) is 7.84. The molecule has 0 saturated carbocycles. The number of ether oxygens (including phenoxy) is 1. The van der Waals surface area contributed by atoms with E-state index in [1.165, 1.54) is 13.1 Å². The molecule has 2 aromatic carbocycles. The molecule has 4 aromatic rings. The van der Waals surface area contributed by atoms with Gasteiger partial charge < -0.3 is 20.6 Å². The van der Waals surface area contributed by atoms with E-state index in [0.29, 0.717) is 11.5 Å². The number of nitrogens with one attached hydrogen (secondary N) is 1. The van der Waals surface area contributed by atoms with Crippen molar-refractivity contribution in [2.75, 3.05) is 51.8 Å². The lowest BCUT2D eigenvalue weighted by atomic mass is 10.0. The van der Waals surface area contributed by atoms with Gasteiger partial charge in [0.25, 0.3) is 0 Å². The molecular weight excluding hydrogens is 485 g/mol. The zero-order chi connectivity index (χ0) is 27.9. The van der Waals surface area contributed by atoms with E-state index in [1.54, 1.807) is 16.8 Å². The van der Waals surface area contributed by atoms with Crippen molar-refractivity contribution in [3.05, 3.63) is 60.5 Å². The topological polar surface area (TPSA) is 111 Å². The predicted octanol–water partition coefficient (Wildman–Crippen LogP) is 4.00. The average Bonchev–Trinajstić information content (AvgIpc) is 3.33. The largest absolute Gasteiger partial charge is 0.379 e. The Morgan fingerprint density at radius 2 is 1.66 bits per heavy atom. The number of rotatable bonds is 6. The maximum Gasteiger partial charge on any atom is 0.224 e. The van der Waals surface area contributed by atoms with Crippen molar-refractivity contribution in [1.82, 2.24) is 24.6 Å². The molecule has 0 aliphatic carbocycles. The Balaban J connectivity index is 0.000000791. The first-order valence-electron chi connectivity index (χ1n) is 12.6. The highest BCUT2D eigenvalue weighted by Crippen LogP contribution is 2.29. The molecule has 3 N–H and O–H groups in total. The standard InChI is InChI=1S/C24H25FN6O.C2H6.CH5N.CH2O/c1-30-23-20(16-27-24(28-23)26-10-11-31-12-14-32-15-13-31)22(29-30)18-8-6-17(7-9-18)19-4-2-3-5-21(19)25;3*1-2/h2-9,16H,10-15H2,1H3,(H,26,27,28);1-2H3;2H2,1H3;1H2. The molecule has 204 valence electrons. The molecule has 2 aromatic heterocycles. The molecule has 0 radical (unpaired) electrons. The van der Waals surface area contributed by atoms with Crippen molar-refractivity contribution >= 4 is 23.8 Å². The minimum Gasteiger partial charge on any atom is -0.379 e. The number of carbonyl (C=O) groups excluding carboxylic acids is 1. The molecule has 0 unspecified atom stereocenters. The fourth-order valence-corrected chi connectivity index (χ4v) is 3.99. The summed E-state index contributed by atoms with van der Waals surface area (Å²) in [5.41, 5.74) is 8.42. The highest BCUT2D eigenvalue weighted by Gasteiger charge is 2.15. The number of morpholine rings is 1. The van der Waals surface area contributed by atoms with Crippen LogP contribution >= 0.6 is 0 Å². The fraction of sp³-hybridized carbons (Fsp3) is 0.357. The van der Waals surface area contributed by atoms with Gasteiger partial charge in [0.05, 0.1) is 18.6 Å². The van der Waals surface area contributed by atoms with Crippen LogP contribution in [0.5, 0.6) is 0 Å². The summed E-state index contributed by atoms with van der Waals surface area (Å²) in [6.45, 7) is 11.2. The highest BCUT2D eigenvalue weighted by molar-refractivity contribution is 5.91. The van der Waals surface area contributed by atoms with Crippen LogP contribution in [0.2, 0.25) is 0 Å². The van der Waals surface area contributed by atoms with E-state index in [4.69, 9.17) is 9.53 Å². The summed E-state index contributed by atoms with van der Waals surface area (Å²) in [5, 5.41) is 8.85. The first-order valence-corrected chi connectivity index (χ1v) is 12.6. The van der Waals surface area contributed by atoms with Crippen LogP contribution < -0.4 is 11.1 Å². The van der Waals surface area contributed by atoms with Crippen LogP contribution in [0.3, 0.4) is 0 Å². The molecule has 3 heterocycles. The molecule has 0 bridgehead atoms. The van der Waals surface area contributed by atoms with Crippen molar-refractivity contribution < 1.29 is 13.9 Å². The Labute approximate surface area is 223 Å². The second-order valence-corrected chi connectivity index (χ2v) is 7.84. The number of fused-ring (bicyclic) bond motifs is 1. The molecule has 1 fully saturated rings. The number of nitrogens with zero attached hydrogens (tertiary/aromatic N) is 5. The van der Waals surface area contributed by atoms with Gasteiger partial charge in [-0.25, -0.2) is 14.1 Å². The molecule has 38 heavy (non-hydrogen) atoms. The number of carbonyl (C=O) groups is 1. The molecule has 1 aliphatic rings.